The molecule has 4 nitrogen and oxygen atoms in total. The summed E-state index contributed by atoms with van der Waals surface area (Å²) in [5.41, 5.74) is 0.718. The first-order valence-electron chi connectivity index (χ1n) is 5.56. The van der Waals surface area contributed by atoms with Gasteiger partial charge in [-0.05, 0) is 26.0 Å². The van der Waals surface area contributed by atoms with Gasteiger partial charge in [0.05, 0.1) is 18.1 Å². The second-order valence-electron chi connectivity index (χ2n) is 3.91. The minimum Gasteiger partial charge on any atom is -0.379 e. The van der Waals surface area contributed by atoms with E-state index in [1.54, 1.807) is 32.1 Å². The van der Waals surface area contributed by atoms with Crippen molar-refractivity contribution in [3.63, 3.8) is 0 Å². The van der Waals surface area contributed by atoms with Crippen LogP contribution >= 0.6 is 0 Å². The van der Waals surface area contributed by atoms with E-state index in [4.69, 9.17) is 4.74 Å². The molecule has 96 valence electrons. The van der Waals surface area contributed by atoms with Crippen LogP contribution in [0.15, 0.2) is 35.3 Å². The molecule has 1 fully saturated rings. The van der Waals surface area contributed by atoms with Crippen molar-refractivity contribution in [3.05, 3.63) is 35.3 Å². The van der Waals surface area contributed by atoms with Crippen molar-refractivity contribution in [1.29, 1.82) is 0 Å². The maximum atomic E-state index is 12.3. The van der Waals surface area contributed by atoms with Crippen molar-refractivity contribution in [1.82, 2.24) is 4.31 Å². The number of morpholine rings is 1. The molecule has 1 aliphatic rings. The predicted molar refractivity (Wildman–Crippen MR) is 69.0 cm³/mol. The van der Waals surface area contributed by atoms with Gasteiger partial charge >= 0.3 is 0 Å². The summed E-state index contributed by atoms with van der Waals surface area (Å²) in [6.07, 6.45) is 4.90. The lowest BCUT2D eigenvalue weighted by atomic mass is 10.3. The minimum atomic E-state index is -3.41. The first-order valence-corrected chi connectivity index (χ1v) is 7.00. The maximum absolute atomic E-state index is 12.3. The minimum absolute atomic E-state index is 0.286. The highest BCUT2D eigenvalue weighted by Gasteiger charge is 2.26. The number of ether oxygens (including phenoxy) is 1. The molecule has 0 radical (unpaired) electrons. The van der Waals surface area contributed by atoms with Gasteiger partial charge in [0.2, 0.25) is 10.0 Å². The summed E-state index contributed by atoms with van der Waals surface area (Å²) in [5.74, 6) is 0. The summed E-state index contributed by atoms with van der Waals surface area (Å²) >= 11 is 0. The highest BCUT2D eigenvalue weighted by atomic mass is 32.2. The number of sulfonamides is 1. The molecule has 0 saturated carbocycles. The van der Waals surface area contributed by atoms with Gasteiger partial charge < -0.3 is 4.74 Å². The quantitative estimate of drug-likeness (QED) is 0.720. The molecular weight excluding hydrogens is 238 g/mol. The van der Waals surface area contributed by atoms with Crippen molar-refractivity contribution in [2.45, 2.75) is 13.8 Å². The largest absolute Gasteiger partial charge is 0.379 e. The molecule has 0 amide bonds. The van der Waals surface area contributed by atoms with E-state index in [2.05, 4.69) is 6.58 Å². The first kappa shape index (κ1) is 14.2. The highest BCUT2D eigenvalue weighted by Crippen LogP contribution is 2.17. The molecule has 0 aliphatic carbocycles. The van der Waals surface area contributed by atoms with Crippen LogP contribution in [0.2, 0.25) is 0 Å². The van der Waals surface area contributed by atoms with Crippen molar-refractivity contribution < 1.29 is 13.2 Å². The van der Waals surface area contributed by atoms with E-state index >= 15 is 0 Å². The van der Waals surface area contributed by atoms with Gasteiger partial charge in [0.15, 0.2) is 0 Å². The summed E-state index contributed by atoms with van der Waals surface area (Å²) < 4.78 is 31.2. The summed E-state index contributed by atoms with van der Waals surface area (Å²) in [6, 6.07) is 0. The van der Waals surface area contributed by atoms with Crippen LogP contribution in [0, 0.1) is 0 Å². The Balaban J connectivity index is 3.03. The zero-order chi connectivity index (χ0) is 12.9. The van der Waals surface area contributed by atoms with E-state index in [0.29, 0.717) is 26.3 Å². The second-order valence-corrected chi connectivity index (χ2v) is 5.85. The number of allylic oxidation sites excluding steroid dienone is 4. The maximum Gasteiger partial charge on any atom is 0.243 e. The van der Waals surface area contributed by atoms with Crippen LogP contribution in [0.25, 0.3) is 0 Å². The van der Waals surface area contributed by atoms with Gasteiger partial charge in [-0.3, -0.25) is 0 Å². The second kappa shape index (κ2) is 6.14. The molecule has 1 saturated heterocycles. The van der Waals surface area contributed by atoms with E-state index < -0.39 is 10.0 Å². The summed E-state index contributed by atoms with van der Waals surface area (Å²) in [6.45, 7) is 9.01. The molecular formula is C12H19NO3S. The summed E-state index contributed by atoms with van der Waals surface area (Å²) in [5, 5.41) is 0. The average molecular weight is 257 g/mol. The Morgan fingerprint density at radius 3 is 2.41 bits per heavy atom. The summed E-state index contributed by atoms with van der Waals surface area (Å²) in [7, 11) is -3.41. The number of rotatable bonds is 4. The van der Waals surface area contributed by atoms with Gasteiger partial charge in [-0.25, -0.2) is 8.42 Å². The fraction of sp³-hybridized carbons (Fsp3) is 0.500. The topological polar surface area (TPSA) is 46.6 Å². The third-order valence-electron chi connectivity index (χ3n) is 2.33. The van der Waals surface area contributed by atoms with Crippen LogP contribution in [0.4, 0.5) is 0 Å². The molecule has 0 unspecified atom stereocenters. The van der Waals surface area contributed by atoms with Gasteiger partial charge in [-0.15, -0.1) is 0 Å². The van der Waals surface area contributed by atoms with Crippen LogP contribution in [-0.2, 0) is 14.8 Å². The van der Waals surface area contributed by atoms with E-state index in [1.807, 2.05) is 0 Å². The molecule has 1 aliphatic heterocycles. The Morgan fingerprint density at radius 1 is 1.35 bits per heavy atom. The Hall–Kier alpha value is -0.910. The summed E-state index contributed by atoms with van der Waals surface area (Å²) in [4.78, 5) is 0.286. The SMILES string of the molecule is C=C(C)/C=C(\C=C/C)S(=O)(=O)N1CCOCC1. The van der Waals surface area contributed by atoms with Gasteiger partial charge in [0.25, 0.3) is 0 Å². The van der Waals surface area contributed by atoms with E-state index in [0.717, 1.165) is 5.57 Å². The van der Waals surface area contributed by atoms with Gasteiger partial charge in [-0.2, -0.15) is 4.31 Å². The van der Waals surface area contributed by atoms with Crippen molar-refractivity contribution in [2.24, 2.45) is 0 Å². The van der Waals surface area contributed by atoms with Crippen LogP contribution < -0.4 is 0 Å². The molecule has 0 spiro atoms. The monoisotopic (exact) mass is 257 g/mol. The molecule has 1 heterocycles. The third kappa shape index (κ3) is 3.80. The van der Waals surface area contributed by atoms with E-state index in [9.17, 15) is 8.42 Å². The highest BCUT2D eigenvalue weighted by molar-refractivity contribution is 7.93. The zero-order valence-electron chi connectivity index (χ0n) is 10.3. The van der Waals surface area contributed by atoms with Crippen LogP contribution in [0.5, 0.6) is 0 Å². The van der Waals surface area contributed by atoms with Crippen LogP contribution in [0.1, 0.15) is 13.8 Å². The lowest BCUT2D eigenvalue weighted by Crippen LogP contribution is -2.41. The molecule has 0 bridgehead atoms. The van der Waals surface area contributed by atoms with Crippen molar-refractivity contribution >= 4 is 10.0 Å². The molecule has 0 aromatic heterocycles. The fourth-order valence-electron chi connectivity index (χ4n) is 1.55. The normalized spacial score (nSPS) is 19.8. The van der Waals surface area contributed by atoms with E-state index in [-0.39, 0.29) is 4.91 Å². The van der Waals surface area contributed by atoms with Crippen molar-refractivity contribution in [3.8, 4) is 0 Å². The van der Waals surface area contributed by atoms with Gasteiger partial charge in [0.1, 0.15) is 0 Å². The molecule has 5 heteroatoms. The molecule has 1 rings (SSSR count). The van der Waals surface area contributed by atoms with Gasteiger partial charge in [-0.1, -0.05) is 18.2 Å². The number of hydrogen-bond donors (Lipinski definition) is 0. The smallest absolute Gasteiger partial charge is 0.243 e. The standard InChI is InChI=1S/C12H19NO3S/c1-4-5-12(10-11(2)3)17(14,15)13-6-8-16-9-7-13/h4-5,10H,2,6-9H2,1,3H3/b5-4-,12-10+. The third-order valence-corrected chi connectivity index (χ3v) is 4.22. The van der Waals surface area contributed by atoms with Crippen molar-refractivity contribution in [2.75, 3.05) is 26.3 Å². The van der Waals surface area contributed by atoms with Crippen LogP contribution in [0.3, 0.4) is 0 Å². The van der Waals surface area contributed by atoms with E-state index in [1.165, 1.54) is 4.31 Å². The lowest BCUT2D eigenvalue weighted by Gasteiger charge is -2.26. The van der Waals surface area contributed by atoms with Gasteiger partial charge in [0, 0.05) is 13.1 Å². The lowest BCUT2D eigenvalue weighted by molar-refractivity contribution is 0.0734. The van der Waals surface area contributed by atoms with Crippen LogP contribution in [-0.4, -0.2) is 39.0 Å². The number of hydrogen-bond acceptors (Lipinski definition) is 3. The first-order chi connectivity index (χ1) is 7.98. The fourth-order valence-corrected chi connectivity index (χ4v) is 3.14. The Kier molecular flexibility index (Phi) is 5.11. The molecule has 0 aromatic rings. The number of nitrogens with zero attached hydrogens (tertiary/aromatic N) is 1. The molecule has 0 aromatic carbocycles. The predicted octanol–water partition coefficient (Wildman–Crippen LogP) is 1.68. The average Bonchev–Trinajstić information content (AvgIpc) is 2.29. The molecule has 0 atom stereocenters. The Morgan fingerprint density at radius 2 is 1.94 bits per heavy atom. The zero-order valence-corrected chi connectivity index (χ0v) is 11.2. The molecule has 17 heavy (non-hydrogen) atoms. The Bertz CT molecular complexity index is 429. The Labute approximate surface area is 103 Å². The molecule has 0 N–H and O–H groups in total.